The van der Waals surface area contributed by atoms with Crippen LogP contribution in [0.4, 0.5) is 30.5 Å². The molecular formula is C33H43Cl2F3N6O3. The van der Waals surface area contributed by atoms with Gasteiger partial charge in [0.15, 0.2) is 0 Å². The Hall–Kier alpha value is -3.22. The largest absolute Gasteiger partial charge is 0.386 e. The van der Waals surface area contributed by atoms with E-state index in [0.717, 1.165) is 42.5 Å². The fraction of sp³-hybridized carbons (Fsp3) is 0.545. The van der Waals surface area contributed by atoms with Gasteiger partial charge in [0.05, 0.1) is 51.2 Å². The van der Waals surface area contributed by atoms with Crippen LogP contribution in [0, 0.1) is 5.41 Å². The Labute approximate surface area is 283 Å². The number of alkyl halides is 3. The van der Waals surface area contributed by atoms with E-state index in [-0.39, 0.29) is 31.3 Å². The van der Waals surface area contributed by atoms with E-state index in [9.17, 15) is 22.8 Å². The molecule has 3 N–H and O–H groups in total. The Morgan fingerprint density at radius 3 is 2.28 bits per heavy atom. The summed E-state index contributed by atoms with van der Waals surface area (Å²) >= 11 is 13.4. The normalized spacial score (nSPS) is 16.0. The Morgan fingerprint density at radius 1 is 1.02 bits per heavy atom. The second-order valence-electron chi connectivity index (χ2n) is 13.0. The molecule has 1 aliphatic heterocycles. The maximum Gasteiger partial charge on any atom is 0.386 e. The molecule has 1 aromatic heterocycles. The highest BCUT2D eigenvalue weighted by molar-refractivity contribution is 6.39. The highest BCUT2D eigenvalue weighted by Crippen LogP contribution is 2.37. The van der Waals surface area contributed by atoms with E-state index < -0.39 is 11.6 Å². The summed E-state index contributed by atoms with van der Waals surface area (Å²) in [6.45, 7) is 8.69. The predicted molar refractivity (Wildman–Crippen MR) is 181 cm³/mol. The minimum absolute atomic E-state index is 0.0680. The summed E-state index contributed by atoms with van der Waals surface area (Å²) < 4.78 is 38.6. The Morgan fingerprint density at radius 2 is 1.66 bits per heavy atom. The molecule has 2 aliphatic rings. The number of morpholine rings is 1. The number of nitrogens with zero attached hydrogens (tertiary/aromatic N) is 3. The zero-order chi connectivity index (χ0) is 34.5. The van der Waals surface area contributed by atoms with Crippen molar-refractivity contribution in [2.45, 2.75) is 78.6 Å². The second-order valence-corrected chi connectivity index (χ2v) is 13.8. The molecule has 0 unspecified atom stereocenters. The number of rotatable bonds is 7. The Bertz CT molecular complexity index is 1570. The first-order valence-electron chi connectivity index (χ1n) is 15.8. The van der Waals surface area contributed by atoms with E-state index in [1.165, 1.54) is 6.42 Å². The smallest absolute Gasteiger partial charge is 0.378 e. The fourth-order valence-electron chi connectivity index (χ4n) is 5.50. The zero-order valence-corrected chi connectivity index (χ0v) is 28.9. The van der Waals surface area contributed by atoms with Crippen LogP contribution in [0.15, 0.2) is 24.3 Å². The molecule has 2 heterocycles. The van der Waals surface area contributed by atoms with Crippen molar-refractivity contribution in [1.29, 1.82) is 0 Å². The van der Waals surface area contributed by atoms with Crippen LogP contribution in [-0.2, 0) is 23.1 Å². The Kier molecular flexibility index (Phi) is 11.9. The van der Waals surface area contributed by atoms with Gasteiger partial charge in [0.25, 0.3) is 5.91 Å². The molecule has 47 heavy (non-hydrogen) atoms. The lowest BCUT2D eigenvalue weighted by Crippen LogP contribution is -2.40. The molecule has 14 heteroatoms. The lowest BCUT2D eigenvalue weighted by Gasteiger charge is -2.31. The lowest BCUT2D eigenvalue weighted by atomic mass is 9.95. The third-order valence-corrected chi connectivity index (χ3v) is 8.81. The van der Waals surface area contributed by atoms with Crippen LogP contribution < -0.4 is 20.9 Å². The van der Waals surface area contributed by atoms with Crippen LogP contribution in [0.1, 0.15) is 75.7 Å². The molecule has 9 nitrogen and oxygen atoms in total. The number of imidazole rings is 1. The first-order valence-corrected chi connectivity index (χ1v) is 16.5. The molecular weight excluding hydrogens is 656 g/mol. The molecule has 258 valence electrons. The van der Waals surface area contributed by atoms with Crippen LogP contribution in [-0.4, -0.2) is 59.9 Å². The number of hydrogen-bond donors (Lipinski definition) is 3. The van der Waals surface area contributed by atoms with Crippen LogP contribution >= 0.6 is 23.2 Å². The number of carbonyl (C=O) groups is 2. The highest BCUT2D eigenvalue weighted by atomic mass is 35.5. The third-order valence-electron chi connectivity index (χ3n) is 8.06. The highest BCUT2D eigenvalue weighted by Gasteiger charge is 2.26. The summed E-state index contributed by atoms with van der Waals surface area (Å²) in [5.74, 6) is 0.391. The quantitative estimate of drug-likeness (QED) is 0.233. The Balaban J connectivity index is 0.000000930. The molecule has 2 fully saturated rings. The summed E-state index contributed by atoms with van der Waals surface area (Å²) in [6, 6.07) is 7.67. The van der Waals surface area contributed by atoms with Crippen molar-refractivity contribution in [2.75, 3.05) is 36.5 Å². The number of halogens is 5. The van der Waals surface area contributed by atoms with Crippen LogP contribution in [0.2, 0.25) is 10.0 Å². The number of benzene rings is 2. The fourth-order valence-corrected chi connectivity index (χ4v) is 6.03. The van der Waals surface area contributed by atoms with E-state index in [1.807, 2.05) is 44.5 Å². The molecule has 0 radical (unpaired) electrons. The molecule has 1 aliphatic carbocycles. The minimum atomic E-state index is -4.00. The zero-order valence-electron chi connectivity index (χ0n) is 27.4. The van der Waals surface area contributed by atoms with Crippen molar-refractivity contribution in [3.8, 4) is 0 Å². The number of anilines is 3. The molecule has 3 aromatic rings. The summed E-state index contributed by atoms with van der Waals surface area (Å²) in [5.41, 5.74) is 3.77. The summed E-state index contributed by atoms with van der Waals surface area (Å²) in [7, 11) is 1.91. The second kappa shape index (κ2) is 15.3. The van der Waals surface area contributed by atoms with Gasteiger partial charge < -0.3 is 30.2 Å². The van der Waals surface area contributed by atoms with E-state index in [4.69, 9.17) is 32.9 Å². The maximum atomic E-state index is 13.6. The van der Waals surface area contributed by atoms with Crippen molar-refractivity contribution < 1.29 is 27.5 Å². The van der Waals surface area contributed by atoms with Crippen LogP contribution in [0.25, 0.3) is 11.0 Å². The lowest BCUT2D eigenvalue weighted by molar-refractivity contribution is -0.128. The van der Waals surface area contributed by atoms with Gasteiger partial charge in [-0.1, -0.05) is 69.3 Å². The van der Waals surface area contributed by atoms with Gasteiger partial charge in [0, 0.05) is 45.1 Å². The van der Waals surface area contributed by atoms with Crippen LogP contribution in [0.5, 0.6) is 0 Å². The molecule has 1 saturated heterocycles. The number of fused-ring (bicyclic) bond motifs is 1. The number of ether oxygens (including phenoxy) is 1. The SMILES string of the molecule is CC(F)(F)F.Cn1c(Nc2c(Cl)ccc(CNC(=O)C(C)(C)C)c2Cl)nc2cc(C(=O)NC3CCCCC3)c(N3CCOCC3)cc21. The van der Waals surface area contributed by atoms with Crippen molar-refractivity contribution >= 4 is 63.4 Å². The molecule has 0 spiro atoms. The van der Waals surface area contributed by atoms with Crippen molar-refractivity contribution in [2.24, 2.45) is 12.5 Å². The van der Waals surface area contributed by atoms with Crippen molar-refractivity contribution in [1.82, 2.24) is 20.2 Å². The topological polar surface area (TPSA) is 101 Å². The average Bonchev–Trinajstić information content (AvgIpc) is 3.31. The van der Waals surface area contributed by atoms with Crippen molar-refractivity contribution in [3.63, 3.8) is 0 Å². The monoisotopic (exact) mass is 698 g/mol. The standard InChI is InChI=1S/C31H40Cl2N6O3.C2H3F3/c1-31(2,3)29(41)34-18-19-10-11-22(32)27(26(19)33)37-30-36-23-16-21(28(40)35-20-8-6-5-7-9-20)24(17-25(23)38(30)4)39-12-14-42-15-13-39;1-2(3,4)5/h10-11,16-17,20H,5-9,12-15,18H2,1-4H3,(H,34,41)(H,35,40)(H,36,37);1H3. The van der Waals surface area contributed by atoms with Gasteiger partial charge in [-0.3, -0.25) is 9.59 Å². The third kappa shape index (κ3) is 9.90. The number of nitrogens with one attached hydrogen (secondary N) is 3. The van der Waals surface area contributed by atoms with Gasteiger partial charge in [0.1, 0.15) is 0 Å². The average molecular weight is 700 g/mol. The maximum absolute atomic E-state index is 13.6. The van der Waals surface area contributed by atoms with Crippen molar-refractivity contribution in [3.05, 3.63) is 45.4 Å². The van der Waals surface area contributed by atoms with Gasteiger partial charge in [0.2, 0.25) is 11.9 Å². The number of amides is 2. The number of carbonyl (C=O) groups excluding carboxylic acids is 2. The minimum Gasteiger partial charge on any atom is -0.378 e. The molecule has 5 rings (SSSR count). The van der Waals surface area contributed by atoms with E-state index in [2.05, 4.69) is 20.9 Å². The van der Waals surface area contributed by atoms with Crippen LogP contribution in [0.3, 0.4) is 0 Å². The predicted octanol–water partition coefficient (Wildman–Crippen LogP) is 7.75. The van der Waals surface area contributed by atoms with E-state index in [0.29, 0.717) is 59.1 Å². The summed E-state index contributed by atoms with van der Waals surface area (Å²) in [6.07, 6.45) is 1.54. The van der Waals surface area contributed by atoms with Gasteiger partial charge in [-0.05, 0) is 36.6 Å². The first kappa shape index (κ1) is 36.6. The molecule has 1 saturated carbocycles. The van der Waals surface area contributed by atoms with Gasteiger partial charge in [-0.2, -0.15) is 13.2 Å². The van der Waals surface area contributed by atoms with Gasteiger partial charge in [-0.25, -0.2) is 4.98 Å². The van der Waals surface area contributed by atoms with E-state index >= 15 is 0 Å². The number of hydrogen-bond acceptors (Lipinski definition) is 6. The molecule has 2 amide bonds. The molecule has 0 bridgehead atoms. The summed E-state index contributed by atoms with van der Waals surface area (Å²) in [5, 5.41) is 10.4. The number of aromatic nitrogens is 2. The first-order chi connectivity index (χ1) is 22.0. The number of aryl methyl sites for hydroxylation is 1. The van der Waals surface area contributed by atoms with Gasteiger partial charge >= 0.3 is 6.18 Å². The molecule has 2 aromatic carbocycles. The summed E-state index contributed by atoms with van der Waals surface area (Å²) in [4.78, 5) is 33.1. The molecule has 0 atom stereocenters. The van der Waals surface area contributed by atoms with Gasteiger partial charge in [-0.15, -0.1) is 0 Å². The van der Waals surface area contributed by atoms with E-state index in [1.54, 1.807) is 12.1 Å².